The number of aryl methyl sites for hydroxylation is 1. The van der Waals surface area contributed by atoms with Gasteiger partial charge in [-0.05, 0) is 54.3 Å². The number of aromatic nitrogens is 3. The van der Waals surface area contributed by atoms with Crippen molar-refractivity contribution >= 4 is 38.2 Å². The molecule has 5 rings (SSSR count). The van der Waals surface area contributed by atoms with Crippen molar-refractivity contribution in [2.75, 3.05) is 24.3 Å². The van der Waals surface area contributed by atoms with Gasteiger partial charge >= 0.3 is 0 Å². The molecule has 40 heavy (non-hydrogen) atoms. The first-order valence-electron chi connectivity index (χ1n) is 12.9. The number of hydrogen-bond donors (Lipinski definition) is 2. The largest absolute Gasteiger partial charge is 0.496 e. The Kier molecular flexibility index (Phi) is 7.57. The first-order chi connectivity index (χ1) is 19.2. The minimum atomic E-state index is -2.46. The number of carbonyl (C=O) groups is 1. The third kappa shape index (κ3) is 5.16. The molecule has 0 unspecified atom stereocenters. The van der Waals surface area contributed by atoms with Crippen LogP contribution in [0.2, 0.25) is 0 Å². The predicted octanol–water partition coefficient (Wildman–Crippen LogP) is 5.12. The van der Waals surface area contributed by atoms with E-state index in [9.17, 15) is 9.00 Å². The fraction of sp³-hybridized carbons (Fsp3) is 0.276. The Balaban J connectivity index is 1.67. The number of fused-ring (bicyclic) bond motifs is 1. The Morgan fingerprint density at radius 2 is 2.00 bits per heavy atom. The molecule has 208 valence electrons. The molecule has 11 heteroatoms. The molecule has 1 saturated heterocycles. The van der Waals surface area contributed by atoms with Gasteiger partial charge in [-0.25, -0.2) is 18.6 Å². The second-order valence-corrected chi connectivity index (χ2v) is 12.2. The number of carbonyl (C=O) groups excluding carboxylic acids is 1. The molecule has 0 atom stereocenters. The Hall–Kier alpha value is -4.25. The van der Waals surface area contributed by atoms with Gasteiger partial charge in [-0.1, -0.05) is 25.1 Å². The third-order valence-corrected chi connectivity index (χ3v) is 9.48. The fourth-order valence-electron chi connectivity index (χ4n) is 5.12. The molecule has 1 aliphatic heterocycles. The quantitative estimate of drug-likeness (QED) is 0.301. The Morgan fingerprint density at radius 1 is 1.23 bits per heavy atom. The molecule has 0 aliphatic carbocycles. The summed E-state index contributed by atoms with van der Waals surface area (Å²) >= 11 is 0. The summed E-state index contributed by atoms with van der Waals surface area (Å²) < 4.78 is 40.6. The zero-order valence-corrected chi connectivity index (χ0v) is 23.3. The molecule has 0 bridgehead atoms. The number of ether oxygens (including phenoxy) is 1. The normalized spacial score (nSPS) is 14.6. The Morgan fingerprint density at radius 3 is 2.70 bits per heavy atom. The van der Waals surface area contributed by atoms with Gasteiger partial charge in [-0.3, -0.25) is 4.79 Å². The van der Waals surface area contributed by atoms with E-state index in [4.69, 9.17) is 10.5 Å². The number of nitrogens with two attached hydrogens (primary N) is 1. The average molecular weight is 563 g/mol. The molecule has 3 heterocycles. The van der Waals surface area contributed by atoms with Gasteiger partial charge < -0.3 is 20.4 Å². The lowest BCUT2D eigenvalue weighted by Crippen LogP contribution is -2.19. The average Bonchev–Trinajstić information content (AvgIpc) is 3.26. The van der Waals surface area contributed by atoms with Crippen LogP contribution >= 0.6 is 0 Å². The Labute approximate surface area is 232 Å². The minimum absolute atomic E-state index is 0.0881. The van der Waals surface area contributed by atoms with Crippen molar-refractivity contribution in [1.82, 2.24) is 19.9 Å². The first-order valence-corrected chi connectivity index (χ1v) is 14.8. The van der Waals surface area contributed by atoms with Crippen LogP contribution in [0.5, 0.6) is 5.75 Å². The van der Waals surface area contributed by atoms with E-state index >= 15 is 4.39 Å². The van der Waals surface area contributed by atoms with E-state index in [1.54, 1.807) is 19.2 Å². The smallest absolute Gasteiger partial charge is 0.243 e. The van der Waals surface area contributed by atoms with Crippen LogP contribution in [0.1, 0.15) is 24.8 Å². The van der Waals surface area contributed by atoms with Crippen molar-refractivity contribution in [3.63, 3.8) is 0 Å². The summed E-state index contributed by atoms with van der Waals surface area (Å²) in [5.41, 5.74) is 10.4. The van der Waals surface area contributed by atoms with Crippen LogP contribution < -0.4 is 15.8 Å². The van der Waals surface area contributed by atoms with Crippen LogP contribution in [0.25, 0.3) is 33.4 Å². The second kappa shape index (κ2) is 11.1. The van der Waals surface area contributed by atoms with Crippen LogP contribution in [-0.2, 0) is 28.1 Å². The monoisotopic (exact) mass is 562 g/mol. The molecule has 0 saturated carbocycles. The summed E-state index contributed by atoms with van der Waals surface area (Å²) in [5.74, 6) is 0.933. The highest BCUT2D eigenvalue weighted by atomic mass is 32.2. The molecule has 1 amide bonds. The summed E-state index contributed by atoms with van der Waals surface area (Å²) in [6.07, 6.45) is 5.29. The molecule has 2 aromatic carbocycles. The zero-order valence-electron chi connectivity index (χ0n) is 22.4. The van der Waals surface area contributed by atoms with Crippen LogP contribution in [0.15, 0.2) is 59.7 Å². The molecule has 4 aromatic rings. The highest BCUT2D eigenvalue weighted by molar-refractivity contribution is 7.93. The number of halogens is 1. The minimum Gasteiger partial charge on any atom is -0.496 e. The van der Waals surface area contributed by atoms with Gasteiger partial charge in [0.1, 0.15) is 35.0 Å². The number of benzene rings is 2. The summed E-state index contributed by atoms with van der Waals surface area (Å²) in [7, 11) is 0.941. The van der Waals surface area contributed by atoms with Crippen LogP contribution in [0.4, 0.5) is 15.9 Å². The molecule has 1 fully saturated rings. The molecular formula is C29H31FN6O3S. The molecule has 1 aliphatic rings. The lowest BCUT2D eigenvalue weighted by Gasteiger charge is -2.16. The van der Waals surface area contributed by atoms with Crippen LogP contribution in [0, 0.1) is 5.82 Å². The maximum Gasteiger partial charge on any atom is 0.243 e. The fourth-order valence-corrected chi connectivity index (χ4v) is 7.32. The number of amides is 1. The Bertz CT molecular complexity index is 1740. The van der Waals surface area contributed by atoms with Crippen molar-refractivity contribution in [2.24, 2.45) is 11.4 Å². The van der Waals surface area contributed by atoms with Crippen molar-refractivity contribution in [3.05, 3.63) is 66.8 Å². The summed E-state index contributed by atoms with van der Waals surface area (Å²) in [5, 5.41) is 3.33. The molecule has 0 spiro atoms. The van der Waals surface area contributed by atoms with Gasteiger partial charge in [0.25, 0.3) is 0 Å². The van der Waals surface area contributed by atoms with E-state index in [0.29, 0.717) is 51.7 Å². The summed E-state index contributed by atoms with van der Waals surface area (Å²) in [4.78, 5) is 20.3. The maximum atomic E-state index is 15.5. The second-order valence-electron chi connectivity index (χ2n) is 9.70. The SMILES string of the molecule is C=CC(=O)NCc1ccc(-c2c(-c3ccc(N=S4(=O)CCCCC4)c(F)c3)c3c(N)ncnc3n2C)c(OC)c1. The number of nitrogen functional groups attached to an aromatic ring is 1. The van der Waals surface area contributed by atoms with Gasteiger partial charge in [0.05, 0.1) is 27.9 Å². The predicted molar refractivity (Wildman–Crippen MR) is 156 cm³/mol. The number of hydrogen-bond acceptors (Lipinski definition) is 7. The van der Waals surface area contributed by atoms with E-state index in [1.165, 1.54) is 18.5 Å². The third-order valence-electron chi connectivity index (χ3n) is 7.10. The highest BCUT2D eigenvalue weighted by Gasteiger charge is 2.25. The number of rotatable bonds is 7. The van der Waals surface area contributed by atoms with Gasteiger partial charge in [0, 0.05) is 36.2 Å². The van der Waals surface area contributed by atoms with Gasteiger partial charge in [-0.15, -0.1) is 0 Å². The summed E-state index contributed by atoms with van der Waals surface area (Å²) in [6.45, 7) is 3.77. The van der Waals surface area contributed by atoms with Crippen molar-refractivity contribution in [3.8, 4) is 28.1 Å². The topological polar surface area (TPSA) is 124 Å². The van der Waals surface area contributed by atoms with Gasteiger partial charge in [0.15, 0.2) is 0 Å². The number of anilines is 1. The van der Waals surface area contributed by atoms with E-state index < -0.39 is 15.5 Å². The van der Waals surface area contributed by atoms with E-state index in [-0.39, 0.29) is 17.4 Å². The standard InChI is InChI=1S/C29H31FN6O3S/c1-4-24(37)32-16-18-8-10-20(23(14-18)39-3)27-25(26-28(31)33-17-34-29(26)36(27)2)19-9-11-22(21(30)15-19)35-40(38)12-6-5-7-13-40/h4,8-11,14-15,17H,1,5-7,12-13,16H2,2-3H3,(H,32,37)(H2,31,33,34). The maximum absolute atomic E-state index is 15.5. The van der Waals surface area contributed by atoms with Crippen LogP contribution in [0.3, 0.4) is 0 Å². The summed E-state index contributed by atoms with van der Waals surface area (Å²) in [6, 6.07) is 10.3. The lowest BCUT2D eigenvalue weighted by atomic mass is 9.97. The van der Waals surface area contributed by atoms with Crippen LogP contribution in [-0.4, -0.2) is 43.3 Å². The van der Waals surface area contributed by atoms with E-state index in [2.05, 4.69) is 26.2 Å². The van der Waals surface area contributed by atoms with Crippen molar-refractivity contribution in [2.45, 2.75) is 25.8 Å². The number of methoxy groups -OCH3 is 1. The number of nitrogens with one attached hydrogen (secondary N) is 1. The highest BCUT2D eigenvalue weighted by Crippen LogP contribution is 2.45. The van der Waals surface area contributed by atoms with Gasteiger partial charge in [0.2, 0.25) is 5.91 Å². The zero-order chi connectivity index (χ0) is 28.4. The molecular weight excluding hydrogens is 531 g/mol. The van der Waals surface area contributed by atoms with Crippen molar-refractivity contribution in [1.29, 1.82) is 0 Å². The molecule has 0 radical (unpaired) electrons. The van der Waals surface area contributed by atoms with E-state index in [1.807, 2.05) is 29.8 Å². The number of nitrogens with zero attached hydrogens (tertiary/aromatic N) is 4. The van der Waals surface area contributed by atoms with E-state index in [0.717, 1.165) is 30.4 Å². The molecule has 2 aromatic heterocycles. The van der Waals surface area contributed by atoms with Crippen molar-refractivity contribution < 1.29 is 18.1 Å². The first kappa shape index (κ1) is 27.3. The lowest BCUT2D eigenvalue weighted by molar-refractivity contribution is -0.116. The molecule has 9 nitrogen and oxygen atoms in total. The molecule has 3 N–H and O–H groups in total. The van der Waals surface area contributed by atoms with Gasteiger partial charge in [-0.2, -0.15) is 4.36 Å².